The third-order valence-electron chi connectivity index (χ3n) is 3.44. The quantitative estimate of drug-likeness (QED) is 0.790. The van der Waals surface area contributed by atoms with Gasteiger partial charge in [0.25, 0.3) is 0 Å². The summed E-state index contributed by atoms with van der Waals surface area (Å²) >= 11 is 0. The standard InChI is InChI=1S/C14H22N4O/c1-11-3-4-13(12(15)9-11)16-14(19)10-18-7-5-17(2)6-8-18/h3-4,9H,5-8,10,15H2,1-2H3,(H,16,19). The second-order valence-corrected chi connectivity index (χ2v) is 5.22. The lowest BCUT2D eigenvalue weighted by Gasteiger charge is -2.31. The number of carbonyl (C=O) groups excluding carboxylic acids is 1. The van der Waals surface area contributed by atoms with Crippen molar-refractivity contribution in [2.24, 2.45) is 0 Å². The molecule has 0 aliphatic carbocycles. The minimum absolute atomic E-state index is 0.0000983. The summed E-state index contributed by atoms with van der Waals surface area (Å²) in [5, 5.41) is 2.88. The molecule has 1 heterocycles. The fourth-order valence-corrected chi connectivity index (χ4v) is 2.19. The highest BCUT2D eigenvalue weighted by Crippen LogP contribution is 2.19. The Hall–Kier alpha value is -1.59. The maximum absolute atomic E-state index is 12.0. The summed E-state index contributed by atoms with van der Waals surface area (Å²) in [6, 6.07) is 5.67. The molecule has 1 aliphatic heterocycles. The lowest BCUT2D eigenvalue weighted by Crippen LogP contribution is -2.47. The molecule has 5 nitrogen and oxygen atoms in total. The zero-order valence-electron chi connectivity index (χ0n) is 11.6. The lowest BCUT2D eigenvalue weighted by molar-refractivity contribution is -0.117. The molecule has 104 valence electrons. The van der Waals surface area contributed by atoms with Crippen LogP contribution in [0.2, 0.25) is 0 Å². The van der Waals surface area contributed by atoms with E-state index >= 15 is 0 Å². The van der Waals surface area contributed by atoms with E-state index in [1.807, 2.05) is 25.1 Å². The van der Waals surface area contributed by atoms with Crippen molar-refractivity contribution in [2.75, 3.05) is 50.8 Å². The number of nitrogen functional groups attached to an aromatic ring is 1. The monoisotopic (exact) mass is 262 g/mol. The van der Waals surface area contributed by atoms with Crippen LogP contribution >= 0.6 is 0 Å². The molecule has 0 saturated carbocycles. The molecular weight excluding hydrogens is 240 g/mol. The van der Waals surface area contributed by atoms with E-state index in [0.29, 0.717) is 17.9 Å². The zero-order valence-corrected chi connectivity index (χ0v) is 11.6. The van der Waals surface area contributed by atoms with Crippen molar-refractivity contribution in [1.29, 1.82) is 0 Å². The van der Waals surface area contributed by atoms with E-state index in [2.05, 4.69) is 22.2 Å². The third kappa shape index (κ3) is 3.94. The number of hydrogen-bond acceptors (Lipinski definition) is 4. The first-order chi connectivity index (χ1) is 9.04. The second kappa shape index (κ2) is 6.04. The smallest absolute Gasteiger partial charge is 0.238 e. The Bertz CT molecular complexity index is 453. The molecule has 1 fully saturated rings. The van der Waals surface area contributed by atoms with E-state index in [1.54, 1.807) is 0 Å². The van der Waals surface area contributed by atoms with E-state index in [1.165, 1.54) is 0 Å². The molecule has 2 rings (SSSR count). The number of nitrogens with one attached hydrogen (secondary N) is 1. The first kappa shape index (κ1) is 13.8. The number of piperazine rings is 1. The van der Waals surface area contributed by atoms with Gasteiger partial charge in [-0.1, -0.05) is 6.07 Å². The van der Waals surface area contributed by atoms with Gasteiger partial charge in [0.05, 0.1) is 17.9 Å². The summed E-state index contributed by atoms with van der Waals surface area (Å²) < 4.78 is 0. The molecule has 5 heteroatoms. The van der Waals surface area contributed by atoms with Gasteiger partial charge in [-0.2, -0.15) is 0 Å². The average molecular weight is 262 g/mol. The molecule has 3 N–H and O–H groups in total. The highest BCUT2D eigenvalue weighted by atomic mass is 16.2. The number of likely N-dealkylation sites (N-methyl/N-ethyl adjacent to an activating group) is 1. The van der Waals surface area contributed by atoms with Gasteiger partial charge in [-0.3, -0.25) is 9.69 Å². The Morgan fingerprint density at radius 2 is 2.00 bits per heavy atom. The number of hydrogen-bond donors (Lipinski definition) is 2. The third-order valence-corrected chi connectivity index (χ3v) is 3.44. The molecule has 0 spiro atoms. The Balaban J connectivity index is 1.87. The normalized spacial score (nSPS) is 17.4. The van der Waals surface area contributed by atoms with E-state index in [0.717, 1.165) is 31.7 Å². The summed E-state index contributed by atoms with van der Waals surface area (Å²) in [6.07, 6.45) is 0. The van der Waals surface area contributed by atoms with Gasteiger partial charge in [0.2, 0.25) is 5.91 Å². The molecular formula is C14H22N4O. The first-order valence-electron chi connectivity index (χ1n) is 6.61. The molecule has 1 amide bonds. The van der Waals surface area contributed by atoms with Crippen LogP contribution in [0.3, 0.4) is 0 Å². The predicted molar refractivity (Wildman–Crippen MR) is 78.2 cm³/mol. The number of nitrogens with two attached hydrogens (primary N) is 1. The van der Waals surface area contributed by atoms with Crippen LogP contribution in [0.1, 0.15) is 5.56 Å². The van der Waals surface area contributed by atoms with Crippen molar-refractivity contribution in [3.05, 3.63) is 23.8 Å². The first-order valence-corrected chi connectivity index (χ1v) is 6.61. The number of benzene rings is 1. The minimum Gasteiger partial charge on any atom is -0.397 e. The maximum Gasteiger partial charge on any atom is 0.238 e. The SMILES string of the molecule is Cc1ccc(NC(=O)CN2CCN(C)CC2)c(N)c1. The van der Waals surface area contributed by atoms with E-state index in [-0.39, 0.29) is 5.91 Å². The number of aryl methyl sites for hydroxylation is 1. The van der Waals surface area contributed by atoms with Crippen molar-refractivity contribution < 1.29 is 4.79 Å². The number of anilines is 2. The highest BCUT2D eigenvalue weighted by molar-refractivity contribution is 5.95. The molecule has 1 aromatic rings. The van der Waals surface area contributed by atoms with Crippen LogP contribution in [0.15, 0.2) is 18.2 Å². The number of nitrogens with zero attached hydrogens (tertiary/aromatic N) is 2. The summed E-state index contributed by atoms with van der Waals surface area (Å²) in [7, 11) is 2.10. The fourth-order valence-electron chi connectivity index (χ4n) is 2.19. The van der Waals surface area contributed by atoms with Gasteiger partial charge in [0.15, 0.2) is 0 Å². The van der Waals surface area contributed by atoms with Crippen molar-refractivity contribution >= 4 is 17.3 Å². The topological polar surface area (TPSA) is 61.6 Å². The second-order valence-electron chi connectivity index (χ2n) is 5.22. The van der Waals surface area contributed by atoms with Crippen LogP contribution in [0.25, 0.3) is 0 Å². The highest BCUT2D eigenvalue weighted by Gasteiger charge is 2.16. The van der Waals surface area contributed by atoms with Gasteiger partial charge >= 0.3 is 0 Å². The van der Waals surface area contributed by atoms with E-state index in [9.17, 15) is 4.79 Å². The van der Waals surface area contributed by atoms with E-state index < -0.39 is 0 Å². The average Bonchev–Trinajstić information content (AvgIpc) is 2.36. The number of rotatable bonds is 3. The fraction of sp³-hybridized carbons (Fsp3) is 0.500. The summed E-state index contributed by atoms with van der Waals surface area (Å²) in [5.74, 6) is 0.0000983. The van der Waals surface area contributed by atoms with Crippen LogP contribution in [0.5, 0.6) is 0 Å². The van der Waals surface area contributed by atoms with Crippen molar-refractivity contribution in [3.63, 3.8) is 0 Å². The molecule has 0 bridgehead atoms. The maximum atomic E-state index is 12.0. The molecule has 0 radical (unpaired) electrons. The van der Waals surface area contributed by atoms with Gasteiger partial charge in [0.1, 0.15) is 0 Å². The Kier molecular flexibility index (Phi) is 4.39. The lowest BCUT2D eigenvalue weighted by atomic mass is 10.2. The summed E-state index contributed by atoms with van der Waals surface area (Å²) in [6.45, 7) is 6.31. The van der Waals surface area contributed by atoms with Crippen LogP contribution in [0.4, 0.5) is 11.4 Å². The summed E-state index contributed by atoms with van der Waals surface area (Å²) in [4.78, 5) is 16.4. The van der Waals surface area contributed by atoms with Crippen molar-refractivity contribution in [3.8, 4) is 0 Å². The predicted octanol–water partition coefficient (Wildman–Crippen LogP) is 0.763. The summed E-state index contributed by atoms with van der Waals surface area (Å²) in [5.41, 5.74) is 8.29. The van der Waals surface area contributed by atoms with Gasteiger partial charge in [-0.05, 0) is 31.7 Å². The number of amides is 1. The van der Waals surface area contributed by atoms with Crippen LogP contribution in [-0.2, 0) is 4.79 Å². The molecule has 1 aromatic carbocycles. The number of carbonyl (C=O) groups is 1. The van der Waals surface area contributed by atoms with Crippen molar-refractivity contribution in [1.82, 2.24) is 9.80 Å². The molecule has 0 atom stereocenters. The van der Waals surface area contributed by atoms with Crippen LogP contribution < -0.4 is 11.1 Å². The Morgan fingerprint density at radius 1 is 1.32 bits per heavy atom. The molecule has 1 aliphatic rings. The Labute approximate surface area is 114 Å². The zero-order chi connectivity index (χ0) is 13.8. The van der Waals surface area contributed by atoms with Gasteiger partial charge < -0.3 is 16.0 Å². The van der Waals surface area contributed by atoms with Crippen LogP contribution in [0, 0.1) is 6.92 Å². The van der Waals surface area contributed by atoms with Crippen molar-refractivity contribution in [2.45, 2.75) is 6.92 Å². The molecule has 0 unspecified atom stereocenters. The van der Waals surface area contributed by atoms with Gasteiger partial charge in [-0.15, -0.1) is 0 Å². The van der Waals surface area contributed by atoms with Gasteiger partial charge in [-0.25, -0.2) is 0 Å². The minimum atomic E-state index is 0.0000983. The largest absolute Gasteiger partial charge is 0.397 e. The van der Waals surface area contributed by atoms with Crippen LogP contribution in [-0.4, -0.2) is 55.5 Å². The molecule has 19 heavy (non-hydrogen) atoms. The Morgan fingerprint density at radius 3 is 2.63 bits per heavy atom. The molecule has 0 aromatic heterocycles. The van der Waals surface area contributed by atoms with E-state index in [4.69, 9.17) is 5.73 Å². The molecule has 1 saturated heterocycles. The van der Waals surface area contributed by atoms with Gasteiger partial charge in [0, 0.05) is 26.2 Å².